The largest absolute Gasteiger partial charge is 0.484 e. The molecule has 0 aliphatic heterocycles. The third-order valence-electron chi connectivity index (χ3n) is 3.52. The summed E-state index contributed by atoms with van der Waals surface area (Å²) in [5.41, 5.74) is 0.485. The molecule has 2 aromatic rings. The van der Waals surface area contributed by atoms with Gasteiger partial charge in [0.2, 0.25) is 0 Å². The molecule has 8 heteroatoms. The molecule has 0 unspecified atom stereocenters. The van der Waals surface area contributed by atoms with Gasteiger partial charge in [0.25, 0.3) is 15.9 Å². The van der Waals surface area contributed by atoms with Crippen molar-refractivity contribution in [3.8, 4) is 5.75 Å². The van der Waals surface area contributed by atoms with E-state index in [1.165, 1.54) is 24.3 Å². The van der Waals surface area contributed by atoms with Gasteiger partial charge in [-0.05, 0) is 49.7 Å². The highest BCUT2D eigenvalue weighted by atomic mass is 32.2. The first-order valence-electron chi connectivity index (χ1n) is 8.66. The number of para-hydroxylation sites is 1. The summed E-state index contributed by atoms with van der Waals surface area (Å²) in [6.45, 7) is 3.56. The molecule has 0 fully saturated rings. The predicted octanol–water partition coefficient (Wildman–Crippen LogP) is 2.41. The minimum atomic E-state index is -3.68. The molecule has 0 aliphatic rings. The summed E-state index contributed by atoms with van der Waals surface area (Å²) in [5.74, 6) is 0.173. The zero-order valence-corrected chi connectivity index (χ0v) is 16.0. The van der Waals surface area contributed by atoms with Gasteiger partial charge in [-0.2, -0.15) is 0 Å². The average molecular weight is 392 g/mol. The van der Waals surface area contributed by atoms with Crippen LogP contribution >= 0.6 is 0 Å². The number of hydrogen-bond donors (Lipinski definition) is 2. The zero-order chi connectivity index (χ0) is 19.5. The number of amides is 1. The first kappa shape index (κ1) is 20.7. The van der Waals surface area contributed by atoms with Crippen molar-refractivity contribution in [3.05, 3.63) is 54.6 Å². The van der Waals surface area contributed by atoms with E-state index in [0.29, 0.717) is 31.2 Å². The van der Waals surface area contributed by atoms with E-state index in [2.05, 4.69) is 10.0 Å². The lowest BCUT2D eigenvalue weighted by Crippen LogP contribution is -2.30. The number of rotatable bonds is 11. The molecule has 27 heavy (non-hydrogen) atoms. The van der Waals surface area contributed by atoms with E-state index < -0.39 is 10.0 Å². The molecule has 0 saturated heterocycles. The highest BCUT2D eigenvalue weighted by Gasteiger charge is 2.14. The molecule has 2 N–H and O–H groups in total. The number of carbonyl (C=O) groups excluding carboxylic acids is 1. The van der Waals surface area contributed by atoms with Crippen LogP contribution in [-0.4, -0.2) is 40.7 Å². The Morgan fingerprint density at radius 2 is 1.74 bits per heavy atom. The summed E-state index contributed by atoms with van der Waals surface area (Å²) in [6, 6.07) is 14.5. The van der Waals surface area contributed by atoms with Crippen molar-refractivity contribution in [3.63, 3.8) is 0 Å². The fourth-order valence-corrected chi connectivity index (χ4v) is 3.24. The van der Waals surface area contributed by atoms with Crippen molar-refractivity contribution in [2.75, 3.05) is 31.1 Å². The van der Waals surface area contributed by atoms with Crippen LogP contribution in [0.1, 0.15) is 13.3 Å². The lowest BCUT2D eigenvalue weighted by atomic mass is 10.3. The normalized spacial score (nSPS) is 11.0. The molecule has 0 heterocycles. The second-order valence-corrected chi connectivity index (χ2v) is 7.31. The van der Waals surface area contributed by atoms with Gasteiger partial charge in [0, 0.05) is 25.4 Å². The molecule has 146 valence electrons. The van der Waals surface area contributed by atoms with Gasteiger partial charge >= 0.3 is 0 Å². The molecular formula is C19H24N2O5S. The number of nitrogens with one attached hydrogen (secondary N) is 2. The Morgan fingerprint density at radius 1 is 1.04 bits per heavy atom. The van der Waals surface area contributed by atoms with E-state index in [9.17, 15) is 13.2 Å². The Hall–Kier alpha value is -2.58. The van der Waals surface area contributed by atoms with E-state index in [0.717, 1.165) is 6.42 Å². The monoisotopic (exact) mass is 392 g/mol. The van der Waals surface area contributed by atoms with Crippen LogP contribution in [0, 0.1) is 0 Å². The SMILES string of the molecule is CCOCCCNC(=O)COc1ccc(S(=O)(=O)Nc2ccccc2)cc1. The van der Waals surface area contributed by atoms with Gasteiger partial charge in [0.05, 0.1) is 4.90 Å². The third kappa shape index (κ3) is 7.28. The van der Waals surface area contributed by atoms with Crippen molar-refractivity contribution in [2.45, 2.75) is 18.2 Å². The number of ether oxygens (including phenoxy) is 2. The summed E-state index contributed by atoms with van der Waals surface area (Å²) >= 11 is 0. The summed E-state index contributed by atoms with van der Waals surface area (Å²) < 4.78 is 37.7. The van der Waals surface area contributed by atoms with Crippen LogP contribution in [0.3, 0.4) is 0 Å². The van der Waals surface area contributed by atoms with E-state index in [-0.39, 0.29) is 17.4 Å². The standard InChI is InChI=1S/C19H24N2O5S/c1-2-25-14-6-13-20-19(22)15-26-17-9-11-18(12-10-17)27(23,24)21-16-7-4-3-5-8-16/h3-5,7-12,21H,2,6,13-15H2,1H3,(H,20,22). The number of benzene rings is 2. The molecule has 0 aliphatic carbocycles. The van der Waals surface area contributed by atoms with Gasteiger partial charge in [-0.25, -0.2) is 8.42 Å². The molecule has 7 nitrogen and oxygen atoms in total. The summed E-state index contributed by atoms with van der Waals surface area (Å²) in [6.07, 6.45) is 0.737. The fourth-order valence-electron chi connectivity index (χ4n) is 2.18. The maximum absolute atomic E-state index is 12.3. The zero-order valence-electron chi connectivity index (χ0n) is 15.2. The Kier molecular flexibility index (Phi) is 8.09. The minimum absolute atomic E-state index is 0.110. The highest BCUT2D eigenvalue weighted by Crippen LogP contribution is 2.19. The van der Waals surface area contributed by atoms with Crippen molar-refractivity contribution >= 4 is 21.6 Å². The smallest absolute Gasteiger partial charge is 0.261 e. The van der Waals surface area contributed by atoms with Crippen LogP contribution in [0.5, 0.6) is 5.75 Å². The molecule has 0 saturated carbocycles. The van der Waals surface area contributed by atoms with Gasteiger partial charge < -0.3 is 14.8 Å². The molecular weight excluding hydrogens is 368 g/mol. The average Bonchev–Trinajstić information content (AvgIpc) is 2.67. The van der Waals surface area contributed by atoms with Crippen LogP contribution in [0.4, 0.5) is 5.69 Å². The van der Waals surface area contributed by atoms with Crippen molar-refractivity contribution in [2.24, 2.45) is 0 Å². The van der Waals surface area contributed by atoms with Crippen molar-refractivity contribution in [1.82, 2.24) is 5.32 Å². The van der Waals surface area contributed by atoms with Gasteiger partial charge in [-0.15, -0.1) is 0 Å². The highest BCUT2D eigenvalue weighted by molar-refractivity contribution is 7.92. The number of hydrogen-bond acceptors (Lipinski definition) is 5. The van der Waals surface area contributed by atoms with Crippen LogP contribution in [-0.2, 0) is 19.6 Å². The Morgan fingerprint density at radius 3 is 2.41 bits per heavy atom. The van der Waals surface area contributed by atoms with Crippen LogP contribution in [0.15, 0.2) is 59.5 Å². The number of carbonyl (C=O) groups is 1. The molecule has 0 radical (unpaired) electrons. The van der Waals surface area contributed by atoms with Gasteiger partial charge in [0.15, 0.2) is 6.61 Å². The Labute approximate surface area is 159 Å². The number of sulfonamides is 1. The van der Waals surface area contributed by atoms with Crippen LogP contribution < -0.4 is 14.8 Å². The van der Waals surface area contributed by atoms with E-state index in [1.807, 2.05) is 6.92 Å². The summed E-state index contributed by atoms with van der Waals surface area (Å²) in [7, 11) is -3.68. The summed E-state index contributed by atoms with van der Waals surface area (Å²) in [5, 5.41) is 2.72. The lowest BCUT2D eigenvalue weighted by Gasteiger charge is -2.10. The van der Waals surface area contributed by atoms with Gasteiger partial charge in [0.1, 0.15) is 5.75 Å². The molecule has 0 atom stereocenters. The summed E-state index contributed by atoms with van der Waals surface area (Å²) in [4.78, 5) is 11.8. The Balaban J connectivity index is 1.81. The minimum Gasteiger partial charge on any atom is -0.484 e. The fraction of sp³-hybridized carbons (Fsp3) is 0.316. The van der Waals surface area contributed by atoms with E-state index >= 15 is 0 Å². The first-order valence-corrected chi connectivity index (χ1v) is 10.1. The molecule has 2 aromatic carbocycles. The van der Waals surface area contributed by atoms with Gasteiger partial charge in [-0.3, -0.25) is 9.52 Å². The van der Waals surface area contributed by atoms with Crippen molar-refractivity contribution < 1.29 is 22.7 Å². The molecule has 0 aromatic heterocycles. The maximum atomic E-state index is 12.3. The van der Waals surface area contributed by atoms with Crippen LogP contribution in [0.2, 0.25) is 0 Å². The quantitative estimate of drug-likeness (QED) is 0.573. The number of anilines is 1. The Bertz CT molecular complexity index is 808. The topological polar surface area (TPSA) is 93.7 Å². The third-order valence-corrected chi connectivity index (χ3v) is 4.92. The lowest BCUT2D eigenvalue weighted by molar-refractivity contribution is -0.123. The second kappa shape index (κ2) is 10.5. The first-order chi connectivity index (χ1) is 13.0. The maximum Gasteiger partial charge on any atom is 0.261 e. The molecule has 0 spiro atoms. The predicted molar refractivity (Wildman–Crippen MR) is 103 cm³/mol. The molecule has 0 bridgehead atoms. The van der Waals surface area contributed by atoms with Gasteiger partial charge in [-0.1, -0.05) is 18.2 Å². The molecule has 2 rings (SSSR count). The second-order valence-electron chi connectivity index (χ2n) is 5.63. The van der Waals surface area contributed by atoms with E-state index in [1.54, 1.807) is 30.3 Å². The van der Waals surface area contributed by atoms with E-state index in [4.69, 9.17) is 9.47 Å². The van der Waals surface area contributed by atoms with Crippen molar-refractivity contribution in [1.29, 1.82) is 0 Å². The molecule has 1 amide bonds. The van der Waals surface area contributed by atoms with Crippen LogP contribution in [0.25, 0.3) is 0 Å².